The second-order valence-electron chi connectivity index (χ2n) is 5.24. The fourth-order valence-corrected chi connectivity index (χ4v) is 1.83. The largest absolute Gasteiger partial charge is 0.382 e. The van der Waals surface area contributed by atoms with Gasteiger partial charge in [-0.15, -0.1) is 0 Å². The van der Waals surface area contributed by atoms with Crippen molar-refractivity contribution in [1.29, 1.82) is 0 Å². The molecular weight excluding hydrogens is 270 g/mol. The van der Waals surface area contributed by atoms with Crippen LogP contribution in [0.15, 0.2) is 0 Å². The first-order valence-electron chi connectivity index (χ1n) is 8.21. The molecule has 5 heteroatoms. The Morgan fingerprint density at radius 3 is 1.95 bits per heavy atom. The molecule has 128 valence electrons. The van der Waals surface area contributed by atoms with Gasteiger partial charge >= 0.3 is 0 Å². The average Bonchev–Trinajstić information content (AvgIpc) is 2.51. The molecule has 0 saturated heterocycles. The lowest BCUT2D eigenvalue weighted by atomic mass is 10.00. The fraction of sp³-hybridized carbons (Fsp3) is 1.00. The molecule has 0 rings (SSSR count). The topological polar surface area (TPSA) is 49.0 Å². The highest BCUT2D eigenvalue weighted by Crippen LogP contribution is 2.08. The lowest BCUT2D eigenvalue weighted by Crippen LogP contribution is -2.39. The van der Waals surface area contributed by atoms with Crippen molar-refractivity contribution >= 4 is 0 Å². The van der Waals surface area contributed by atoms with Gasteiger partial charge in [-0.25, -0.2) is 0 Å². The molecule has 1 N–H and O–H groups in total. The van der Waals surface area contributed by atoms with Gasteiger partial charge in [0.15, 0.2) is 0 Å². The maximum absolute atomic E-state index is 5.71. The summed E-state index contributed by atoms with van der Waals surface area (Å²) in [6.45, 7) is 12.2. The Labute approximate surface area is 130 Å². The van der Waals surface area contributed by atoms with E-state index in [2.05, 4.69) is 26.1 Å². The van der Waals surface area contributed by atoms with E-state index in [-0.39, 0.29) is 0 Å². The van der Waals surface area contributed by atoms with Crippen LogP contribution in [0.2, 0.25) is 0 Å². The summed E-state index contributed by atoms with van der Waals surface area (Å²) in [5.74, 6) is 0.631. The molecule has 5 nitrogen and oxygen atoms in total. The zero-order valence-electron chi connectivity index (χ0n) is 14.4. The number of hydrogen-bond acceptors (Lipinski definition) is 5. The maximum Gasteiger partial charge on any atom is 0.0701 e. The van der Waals surface area contributed by atoms with Crippen molar-refractivity contribution in [1.82, 2.24) is 5.32 Å². The normalized spacial score (nSPS) is 14.3. The van der Waals surface area contributed by atoms with Crippen molar-refractivity contribution in [3.05, 3.63) is 0 Å². The van der Waals surface area contributed by atoms with Crippen molar-refractivity contribution < 1.29 is 18.9 Å². The van der Waals surface area contributed by atoms with E-state index in [4.69, 9.17) is 18.9 Å². The van der Waals surface area contributed by atoms with Crippen LogP contribution in [0.5, 0.6) is 0 Å². The zero-order chi connectivity index (χ0) is 15.8. The molecule has 2 unspecified atom stereocenters. The lowest BCUT2D eigenvalue weighted by Gasteiger charge is -2.24. The van der Waals surface area contributed by atoms with E-state index in [0.717, 1.165) is 19.6 Å². The molecule has 0 saturated carbocycles. The first-order valence-corrected chi connectivity index (χ1v) is 8.21. The Kier molecular flexibility index (Phi) is 16.0. The third-order valence-electron chi connectivity index (χ3n) is 3.46. The number of hydrogen-bond donors (Lipinski definition) is 1. The molecule has 0 aromatic rings. The quantitative estimate of drug-likeness (QED) is 0.443. The van der Waals surface area contributed by atoms with E-state index in [0.29, 0.717) is 51.6 Å². The van der Waals surface area contributed by atoms with Gasteiger partial charge in [0.05, 0.1) is 46.2 Å². The molecule has 0 aromatic carbocycles. The minimum absolute atomic E-state index is 0.437. The van der Waals surface area contributed by atoms with Crippen LogP contribution in [-0.4, -0.2) is 65.9 Å². The molecule has 2 atom stereocenters. The molecule has 0 bridgehead atoms. The summed E-state index contributed by atoms with van der Waals surface area (Å²) in [5.41, 5.74) is 0. The predicted molar refractivity (Wildman–Crippen MR) is 85.9 cm³/mol. The van der Waals surface area contributed by atoms with Gasteiger partial charge < -0.3 is 24.3 Å². The molecule has 0 spiro atoms. The van der Waals surface area contributed by atoms with Crippen molar-refractivity contribution in [2.45, 2.75) is 39.7 Å². The summed E-state index contributed by atoms with van der Waals surface area (Å²) < 4.78 is 21.4. The summed E-state index contributed by atoms with van der Waals surface area (Å²) in [6, 6.07) is 0.437. The smallest absolute Gasteiger partial charge is 0.0701 e. The summed E-state index contributed by atoms with van der Waals surface area (Å²) in [6.07, 6.45) is 2.32. The molecule has 0 aliphatic rings. The van der Waals surface area contributed by atoms with Crippen LogP contribution in [0, 0.1) is 5.92 Å². The molecule has 21 heavy (non-hydrogen) atoms. The van der Waals surface area contributed by atoms with Crippen molar-refractivity contribution in [3.8, 4) is 0 Å². The fourth-order valence-electron chi connectivity index (χ4n) is 1.83. The summed E-state index contributed by atoms with van der Waals surface area (Å²) in [4.78, 5) is 0. The highest BCUT2D eigenvalue weighted by Gasteiger charge is 2.14. The molecular formula is C16H35NO4. The number of methoxy groups -OCH3 is 1. The summed E-state index contributed by atoms with van der Waals surface area (Å²) >= 11 is 0. The second kappa shape index (κ2) is 16.2. The first-order chi connectivity index (χ1) is 10.3. The minimum Gasteiger partial charge on any atom is -0.382 e. The van der Waals surface area contributed by atoms with Gasteiger partial charge in [0, 0.05) is 13.2 Å². The number of nitrogens with one attached hydrogen (secondary N) is 1. The molecule has 0 heterocycles. The van der Waals surface area contributed by atoms with Crippen LogP contribution in [0.3, 0.4) is 0 Å². The van der Waals surface area contributed by atoms with Gasteiger partial charge in [-0.2, -0.15) is 0 Å². The Hall–Kier alpha value is -0.200. The van der Waals surface area contributed by atoms with E-state index in [1.54, 1.807) is 7.11 Å². The van der Waals surface area contributed by atoms with Gasteiger partial charge in [0.25, 0.3) is 0 Å². The van der Waals surface area contributed by atoms with Crippen molar-refractivity contribution in [2.75, 3.05) is 59.9 Å². The molecule has 0 amide bonds. The predicted octanol–water partition coefficient (Wildman–Crippen LogP) is 2.10. The Morgan fingerprint density at radius 2 is 1.43 bits per heavy atom. The van der Waals surface area contributed by atoms with E-state index >= 15 is 0 Å². The summed E-state index contributed by atoms with van der Waals surface area (Å²) in [7, 11) is 1.67. The van der Waals surface area contributed by atoms with E-state index in [1.807, 2.05) is 0 Å². The van der Waals surface area contributed by atoms with Crippen LogP contribution in [0.1, 0.15) is 33.6 Å². The molecule has 0 radical (unpaired) electrons. The van der Waals surface area contributed by atoms with Crippen LogP contribution >= 0.6 is 0 Å². The van der Waals surface area contributed by atoms with Gasteiger partial charge in [0.1, 0.15) is 0 Å². The van der Waals surface area contributed by atoms with Crippen molar-refractivity contribution in [2.24, 2.45) is 5.92 Å². The Bertz CT molecular complexity index is 205. The SMILES string of the molecule is CCCNC(COCCOCCOCCOC)C(C)CC. The standard InChI is InChI=1S/C16H35NO4/c1-5-7-17-16(15(3)6-2)14-21-13-12-20-11-10-19-9-8-18-4/h15-17H,5-14H2,1-4H3. The van der Waals surface area contributed by atoms with E-state index < -0.39 is 0 Å². The molecule has 0 aromatic heterocycles. The third kappa shape index (κ3) is 13.2. The summed E-state index contributed by atoms with van der Waals surface area (Å²) in [5, 5.41) is 3.55. The lowest BCUT2D eigenvalue weighted by molar-refractivity contribution is -0.00133. The Morgan fingerprint density at radius 1 is 0.857 bits per heavy atom. The minimum atomic E-state index is 0.437. The number of rotatable bonds is 16. The van der Waals surface area contributed by atoms with Crippen LogP contribution < -0.4 is 5.32 Å². The molecule has 0 aliphatic heterocycles. The highest BCUT2D eigenvalue weighted by atomic mass is 16.6. The molecule has 0 aliphatic carbocycles. The first kappa shape index (κ1) is 20.8. The maximum atomic E-state index is 5.71. The van der Waals surface area contributed by atoms with Crippen LogP contribution in [0.4, 0.5) is 0 Å². The van der Waals surface area contributed by atoms with Crippen molar-refractivity contribution in [3.63, 3.8) is 0 Å². The van der Waals surface area contributed by atoms with Gasteiger partial charge in [-0.05, 0) is 18.9 Å². The monoisotopic (exact) mass is 305 g/mol. The Balaban J connectivity index is 3.44. The number of ether oxygens (including phenoxy) is 4. The van der Waals surface area contributed by atoms with Gasteiger partial charge in [-0.3, -0.25) is 0 Å². The third-order valence-corrected chi connectivity index (χ3v) is 3.46. The van der Waals surface area contributed by atoms with Gasteiger partial charge in [-0.1, -0.05) is 27.2 Å². The van der Waals surface area contributed by atoms with E-state index in [9.17, 15) is 0 Å². The van der Waals surface area contributed by atoms with Crippen LogP contribution in [-0.2, 0) is 18.9 Å². The highest BCUT2D eigenvalue weighted by molar-refractivity contribution is 4.71. The zero-order valence-corrected chi connectivity index (χ0v) is 14.4. The van der Waals surface area contributed by atoms with Crippen LogP contribution in [0.25, 0.3) is 0 Å². The molecule has 0 fully saturated rings. The second-order valence-corrected chi connectivity index (χ2v) is 5.24. The average molecular weight is 305 g/mol. The van der Waals surface area contributed by atoms with Gasteiger partial charge in [0.2, 0.25) is 0 Å². The van der Waals surface area contributed by atoms with E-state index in [1.165, 1.54) is 6.42 Å².